The molecule has 2 atom stereocenters. The maximum Gasteiger partial charge on any atom is 0.255 e. The zero-order chi connectivity index (χ0) is 13.3. The van der Waals surface area contributed by atoms with E-state index < -0.39 is 0 Å². The number of amides is 1. The maximum atomic E-state index is 12.5. The molecule has 0 saturated carbocycles. The summed E-state index contributed by atoms with van der Waals surface area (Å²) in [6.07, 6.45) is 1.01. The van der Waals surface area contributed by atoms with Gasteiger partial charge in [0.2, 0.25) is 0 Å². The first-order chi connectivity index (χ1) is 8.54. The standard InChI is InChI=1S/C14H19BrN2O/c1-9-4-3-5-12(13(9)15)14(18)17-8-11(7-16)6-10(17)2/h3-5,10-11H,6-8,16H2,1-2H3. The highest BCUT2D eigenvalue weighted by molar-refractivity contribution is 9.10. The highest BCUT2D eigenvalue weighted by Crippen LogP contribution is 2.28. The van der Waals surface area contributed by atoms with Crippen LogP contribution in [-0.4, -0.2) is 29.9 Å². The lowest BCUT2D eigenvalue weighted by molar-refractivity contribution is 0.0742. The molecule has 0 bridgehead atoms. The Morgan fingerprint density at radius 2 is 2.28 bits per heavy atom. The van der Waals surface area contributed by atoms with Gasteiger partial charge in [-0.1, -0.05) is 12.1 Å². The van der Waals surface area contributed by atoms with Crippen LogP contribution in [0.25, 0.3) is 0 Å². The maximum absolute atomic E-state index is 12.5. The molecule has 4 heteroatoms. The van der Waals surface area contributed by atoms with Gasteiger partial charge in [-0.15, -0.1) is 0 Å². The molecule has 1 heterocycles. The molecule has 1 aromatic rings. The summed E-state index contributed by atoms with van der Waals surface area (Å²) in [5.41, 5.74) is 7.54. The van der Waals surface area contributed by atoms with Gasteiger partial charge in [0, 0.05) is 17.1 Å². The predicted molar refractivity (Wildman–Crippen MR) is 76.5 cm³/mol. The fourth-order valence-corrected chi connectivity index (χ4v) is 3.00. The molecule has 1 aliphatic rings. The van der Waals surface area contributed by atoms with E-state index in [2.05, 4.69) is 22.9 Å². The van der Waals surface area contributed by atoms with Crippen molar-refractivity contribution in [2.45, 2.75) is 26.3 Å². The fraction of sp³-hybridized carbons (Fsp3) is 0.500. The van der Waals surface area contributed by atoms with Gasteiger partial charge >= 0.3 is 0 Å². The van der Waals surface area contributed by atoms with E-state index in [0.717, 1.165) is 28.6 Å². The summed E-state index contributed by atoms with van der Waals surface area (Å²) in [6, 6.07) is 6.08. The summed E-state index contributed by atoms with van der Waals surface area (Å²) in [5, 5.41) is 0. The Hall–Kier alpha value is -0.870. The molecule has 2 N–H and O–H groups in total. The Morgan fingerprint density at radius 1 is 1.56 bits per heavy atom. The highest BCUT2D eigenvalue weighted by atomic mass is 79.9. The summed E-state index contributed by atoms with van der Waals surface area (Å²) in [4.78, 5) is 14.5. The minimum atomic E-state index is 0.106. The quantitative estimate of drug-likeness (QED) is 0.912. The van der Waals surface area contributed by atoms with Crippen LogP contribution in [0.4, 0.5) is 0 Å². The van der Waals surface area contributed by atoms with Gasteiger partial charge in [0.05, 0.1) is 5.56 Å². The molecule has 18 heavy (non-hydrogen) atoms. The van der Waals surface area contributed by atoms with E-state index in [4.69, 9.17) is 5.73 Å². The fourth-order valence-electron chi connectivity index (χ4n) is 2.56. The summed E-state index contributed by atoms with van der Waals surface area (Å²) in [7, 11) is 0. The summed E-state index contributed by atoms with van der Waals surface area (Å²) >= 11 is 3.51. The van der Waals surface area contributed by atoms with Crippen LogP contribution in [0, 0.1) is 12.8 Å². The second kappa shape index (κ2) is 5.41. The van der Waals surface area contributed by atoms with Crippen molar-refractivity contribution >= 4 is 21.8 Å². The number of likely N-dealkylation sites (tertiary alicyclic amines) is 1. The molecule has 1 fully saturated rings. The van der Waals surface area contributed by atoms with Crippen molar-refractivity contribution in [1.82, 2.24) is 4.90 Å². The van der Waals surface area contributed by atoms with Crippen LogP contribution >= 0.6 is 15.9 Å². The molecule has 3 nitrogen and oxygen atoms in total. The monoisotopic (exact) mass is 310 g/mol. The van der Waals surface area contributed by atoms with Crippen molar-refractivity contribution in [3.63, 3.8) is 0 Å². The third kappa shape index (κ3) is 2.45. The molecule has 1 amide bonds. The number of aryl methyl sites for hydroxylation is 1. The van der Waals surface area contributed by atoms with Crippen LogP contribution in [0.2, 0.25) is 0 Å². The topological polar surface area (TPSA) is 46.3 Å². The van der Waals surface area contributed by atoms with Crippen molar-refractivity contribution in [2.24, 2.45) is 11.7 Å². The van der Waals surface area contributed by atoms with Gasteiger partial charge in [-0.3, -0.25) is 4.79 Å². The Bertz CT molecular complexity index is 461. The summed E-state index contributed by atoms with van der Waals surface area (Å²) in [6.45, 7) is 5.52. The highest BCUT2D eigenvalue weighted by Gasteiger charge is 2.32. The number of benzene rings is 1. The lowest BCUT2D eigenvalue weighted by Crippen LogP contribution is -2.34. The van der Waals surface area contributed by atoms with E-state index >= 15 is 0 Å². The van der Waals surface area contributed by atoms with Gasteiger partial charge in [-0.25, -0.2) is 0 Å². The van der Waals surface area contributed by atoms with E-state index in [9.17, 15) is 4.79 Å². The van der Waals surface area contributed by atoms with E-state index in [1.807, 2.05) is 30.0 Å². The van der Waals surface area contributed by atoms with Crippen LogP contribution in [0.3, 0.4) is 0 Å². The molecule has 0 aliphatic carbocycles. The number of nitrogens with two attached hydrogens (primary N) is 1. The number of nitrogens with zero attached hydrogens (tertiary/aromatic N) is 1. The SMILES string of the molecule is Cc1cccc(C(=O)N2CC(CN)CC2C)c1Br. The molecule has 2 unspecified atom stereocenters. The van der Waals surface area contributed by atoms with Crippen LogP contribution in [0.15, 0.2) is 22.7 Å². The summed E-state index contributed by atoms with van der Waals surface area (Å²) in [5.74, 6) is 0.543. The molecule has 0 spiro atoms. The Morgan fingerprint density at radius 3 is 2.89 bits per heavy atom. The van der Waals surface area contributed by atoms with Gasteiger partial charge in [0.25, 0.3) is 5.91 Å². The Balaban J connectivity index is 2.24. The van der Waals surface area contributed by atoms with Crippen molar-refractivity contribution in [3.05, 3.63) is 33.8 Å². The van der Waals surface area contributed by atoms with E-state index in [-0.39, 0.29) is 11.9 Å². The molecular formula is C14H19BrN2O. The first-order valence-electron chi connectivity index (χ1n) is 6.30. The minimum Gasteiger partial charge on any atom is -0.336 e. The van der Waals surface area contributed by atoms with E-state index in [1.54, 1.807) is 0 Å². The number of hydrogen-bond acceptors (Lipinski definition) is 2. The first kappa shape index (κ1) is 13.6. The molecule has 98 valence electrons. The van der Waals surface area contributed by atoms with Crippen molar-refractivity contribution in [1.29, 1.82) is 0 Å². The first-order valence-corrected chi connectivity index (χ1v) is 7.10. The largest absolute Gasteiger partial charge is 0.336 e. The zero-order valence-corrected chi connectivity index (χ0v) is 12.4. The van der Waals surface area contributed by atoms with E-state index in [0.29, 0.717) is 12.5 Å². The van der Waals surface area contributed by atoms with Crippen molar-refractivity contribution in [2.75, 3.05) is 13.1 Å². The second-order valence-corrected chi connectivity index (χ2v) is 5.87. The summed E-state index contributed by atoms with van der Waals surface area (Å²) < 4.78 is 0.901. The number of hydrogen-bond donors (Lipinski definition) is 1. The average Bonchev–Trinajstić information content (AvgIpc) is 2.73. The molecule has 1 saturated heterocycles. The van der Waals surface area contributed by atoms with Gasteiger partial charge in [-0.05, 0) is 60.3 Å². The Labute approximate surface area is 116 Å². The normalized spacial score (nSPS) is 23.4. The van der Waals surface area contributed by atoms with Gasteiger partial charge in [0.15, 0.2) is 0 Å². The van der Waals surface area contributed by atoms with Crippen LogP contribution < -0.4 is 5.73 Å². The minimum absolute atomic E-state index is 0.106. The average molecular weight is 311 g/mol. The van der Waals surface area contributed by atoms with Crippen molar-refractivity contribution in [3.8, 4) is 0 Å². The van der Waals surface area contributed by atoms with Gasteiger partial charge in [0.1, 0.15) is 0 Å². The third-order valence-corrected chi connectivity index (χ3v) is 4.73. The van der Waals surface area contributed by atoms with Crippen molar-refractivity contribution < 1.29 is 4.79 Å². The lowest BCUT2D eigenvalue weighted by Gasteiger charge is -2.22. The number of halogens is 1. The predicted octanol–water partition coefficient (Wildman–Crippen LogP) is 2.57. The third-order valence-electron chi connectivity index (χ3n) is 3.68. The zero-order valence-electron chi connectivity index (χ0n) is 10.8. The van der Waals surface area contributed by atoms with Crippen LogP contribution in [0.5, 0.6) is 0 Å². The second-order valence-electron chi connectivity index (χ2n) is 5.08. The number of rotatable bonds is 2. The lowest BCUT2D eigenvalue weighted by atomic mass is 10.1. The number of carbonyl (C=O) groups excluding carboxylic acids is 1. The number of carbonyl (C=O) groups is 1. The van der Waals surface area contributed by atoms with Gasteiger partial charge in [-0.2, -0.15) is 0 Å². The van der Waals surface area contributed by atoms with Crippen LogP contribution in [0.1, 0.15) is 29.3 Å². The molecule has 2 rings (SSSR count). The smallest absolute Gasteiger partial charge is 0.255 e. The molecule has 0 aromatic heterocycles. The Kier molecular flexibility index (Phi) is 4.07. The molecule has 1 aliphatic heterocycles. The molecule has 1 aromatic carbocycles. The van der Waals surface area contributed by atoms with Crippen LogP contribution in [-0.2, 0) is 0 Å². The van der Waals surface area contributed by atoms with E-state index in [1.165, 1.54) is 0 Å². The molecule has 0 radical (unpaired) electrons. The van der Waals surface area contributed by atoms with Gasteiger partial charge < -0.3 is 10.6 Å². The molecular weight excluding hydrogens is 292 g/mol.